The third-order valence-corrected chi connectivity index (χ3v) is 3.33. The number of rotatable bonds is 5. The van der Waals surface area contributed by atoms with Crippen molar-refractivity contribution in [2.75, 3.05) is 20.8 Å². The first-order chi connectivity index (χ1) is 7.54. The second-order valence-electron chi connectivity index (χ2n) is 3.96. The molecule has 0 aliphatic heterocycles. The highest BCUT2D eigenvalue weighted by molar-refractivity contribution is 9.10. The maximum absolute atomic E-state index is 12.9. The number of hydrogen-bond donors (Lipinski definition) is 0. The number of benzene rings is 1. The first kappa shape index (κ1) is 13.6. The molecule has 0 N–H and O–H groups in total. The van der Waals surface area contributed by atoms with Crippen LogP contribution in [0.4, 0.5) is 4.39 Å². The van der Waals surface area contributed by atoms with Crippen LogP contribution in [0.2, 0.25) is 0 Å². The van der Waals surface area contributed by atoms with Gasteiger partial charge in [-0.25, -0.2) is 4.39 Å². The summed E-state index contributed by atoms with van der Waals surface area (Å²) in [5, 5.41) is 0. The van der Waals surface area contributed by atoms with Crippen LogP contribution in [-0.4, -0.2) is 31.7 Å². The second-order valence-corrected chi connectivity index (χ2v) is 4.81. The van der Waals surface area contributed by atoms with Gasteiger partial charge in [-0.3, -0.25) is 4.90 Å². The molecular formula is C12H17BrFNO. The molecule has 0 saturated heterocycles. The van der Waals surface area contributed by atoms with Gasteiger partial charge in [-0.1, -0.05) is 22.0 Å². The monoisotopic (exact) mass is 289 g/mol. The van der Waals surface area contributed by atoms with E-state index in [9.17, 15) is 4.39 Å². The van der Waals surface area contributed by atoms with E-state index < -0.39 is 0 Å². The molecule has 0 aromatic heterocycles. The molecule has 1 aromatic rings. The van der Waals surface area contributed by atoms with E-state index in [1.807, 2.05) is 7.05 Å². The molecule has 4 heteroatoms. The zero-order valence-electron chi connectivity index (χ0n) is 9.84. The van der Waals surface area contributed by atoms with Gasteiger partial charge in [-0.15, -0.1) is 0 Å². The van der Waals surface area contributed by atoms with Crippen molar-refractivity contribution in [3.63, 3.8) is 0 Å². The predicted molar refractivity (Wildman–Crippen MR) is 66.9 cm³/mol. The third-order valence-electron chi connectivity index (χ3n) is 2.60. The van der Waals surface area contributed by atoms with Crippen LogP contribution in [0.15, 0.2) is 22.7 Å². The van der Waals surface area contributed by atoms with Crippen LogP contribution >= 0.6 is 15.9 Å². The summed E-state index contributed by atoms with van der Waals surface area (Å²) in [6.07, 6.45) is 0. The van der Waals surface area contributed by atoms with Gasteiger partial charge in [-0.05, 0) is 31.7 Å². The molecule has 1 atom stereocenters. The first-order valence-electron chi connectivity index (χ1n) is 5.17. The van der Waals surface area contributed by atoms with Crippen molar-refractivity contribution in [3.8, 4) is 0 Å². The number of methoxy groups -OCH3 is 1. The Hall–Kier alpha value is -0.450. The lowest BCUT2D eigenvalue weighted by atomic mass is 10.2. The molecule has 90 valence electrons. The number of nitrogens with zero attached hydrogens (tertiary/aromatic N) is 1. The molecule has 0 spiro atoms. The topological polar surface area (TPSA) is 12.5 Å². The first-order valence-corrected chi connectivity index (χ1v) is 5.97. The van der Waals surface area contributed by atoms with Crippen LogP contribution < -0.4 is 0 Å². The van der Waals surface area contributed by atoms with Crippen molar-refractivity contribution < 1.29 is 9.13 Å². The molecule has 1 rings (SSSR count). The summed E-state index contributed by atoms with van der Waals surface area (Å²) in [6.45, 7) is 3.56. The van der Waals surface area contributed by atoms with Gasteiger partial charge in [0.05, 0.1) is 6.61 Å². The average Bonchev–Trinajstić information content (AvgIpc) is 2.22. The van der Waals surface area contributed by atoms with Crippen molar-refractivity contribution >= 4 is 15.9 Å². The summed E-state index contributed by atoms with van der Waals surface area (Å²) in [6, 6.07) is 5.11. The summed E-state index contributed by atoms with van der Waals surface area (Å²) in [4.78, 5) is 2.17. The van der Waals surface area contributed by atoms with Crippen LogP contribution in [0.1, 0.15) is 12.5 Å². The molecule has 0 aliphatic rings. The Morgan fingerprint density at radius 3 is 2.75 bits per heavy atom. The summed E-state index contributed by atoms with van der Waals surface area (Å²) >= 11 is 3.37. The standard InChI is InChI=1S/C12H17BrFNO/c1-9(8-16-3)15(2)7-10-4-5-11(14)6-12(10)13/h4-6,9H,7-8H2,1-3H3. The number of ether oxygens (including phenoxy) is 1. The van der Waals surface area contributed by atoms with Crippen molar-refractivity contribution in [1.82, 2.24) is 4.90 Å². The summed E-state index contributed by atoms with van der Waals surface area (Å²) in [5.74, 6) is -0.219. The molecule has 0 heterocycles. The van der Waals surface area contributed by atoms with Crippen molar-refractivity contribution in [3.05, 3.63) is 34.1 Å². The van der Waals surface area contributed by atoms with Crippen LogP contribution in [0, 0.1) is 5.82 Å². The fourth-order valence-electron chi connectivity index (χ4n) is 1.44. The van der Waals surface area contributed by atoms with E-state index in [1.165, 1.54) is 12.1 Å². The quantitative estimate of drug-likeness (QED) is 0.826. The van der Waals surface area contributed by atoms with Gasteiger partial charge in [0.25, 0.3) is 0 Å². The molecule has 0 saturated carbocycles. The third kappa shape index (κ3) is 3.85. The Morgan fingerprint density at radius 1 is 1.50 bits per heavy atom. The molecule has 0 bridgehead atoms. The van der Waals surface area contributed by atoms with E-state index in [2.05, 4.69) is 27.8 Å². The van der Waals surface area contributed by atoms with Gasteiger partial charge in [0.2, 0.25) is 0 Å². The molecule has 0 aliphatic carbocycles. The molecule has 1 unspecified atom stereocenters. The fraction of sp³-hybridized carbons (Fsp3) is 0.500. The highest BCUT2D eigenvalue weighted by Crippen LogP contribution is 2.19. The van der Waals surface area contributed by atoms with Gasteiger partial charge in [0.1, 0.15) is 5.82 Å². The van der Waals surface area contributed by atoms with Crippen LogP contribution in [0.25, 0.3) is 0 Å². The van der Waals surface area contributed by atoms with Crippen molar-refractivity contribution in [1.29, 1.82) is 0 Å². The van der Waals surface area contributed by atoms with E-state index in [4.69, 9.17) is 4.74 Å². The van der Waals surface area contributed by atoms with E-state index in [1.54, 1.807) is 13.2 Å². The molecular weight excluding hydrogens is 273 g/mol. The Labute approximate surface area is 105 Å². The zero-order chi connectivity index (χ0) is 12.1. The van der Waals surface area contributed by atoms with Gasteiger partial charge in [-0.2, -0.15) is 0 Å². The Balaban J connectivity index is 2.65. The zero-order valence-corrected chi connectivity index (χ0v) is 11.4. The molecule has 1 aromatic carbocycles. The van der Waals surface area contributed by atoms with Crippen molar-refractivity contribution in [2.45, 2.75) is 19.5 Å². The number of hydrogen-bond acceptors (Lipinski definition) is 2. The van der Waals surface area contributed by atoms with E-state index >= 15 is 0 Å². The highest BCUT2D eigenvalue weighted by atomic mass is 79.9. The fourth-order valence-corrected chi connectivity index (χ4v) is 1.92. The van der Waals surface area contributed by atoms with Crippen LogP contribution in [0.3, 0.4) is 0 Å². The predicted octanol–water partition coefficient (Wildman–Crippen LogP) is 3.05. The SMILES string of the molecule is COCC(C)N(C)Cc1ccc(F)cc1Br. The molecule has 0 fully saturated rings. The largest absolute Gasteiger partial charge is 0.383 e. The minimum Gasteiger partial charge on any atom is -0.383 e. The summed E-state index contributed by atoms with van der Waals surface area (Å²) in [5.41, 5.74) is 1.08. The minimum atomic E-state index is -0.219. The van der Waals surface area contributed by atoms with Gasteiger partial charge < -0.3 is 4.74 Å². The normalized spacial score (nSPS) is 13.1. The lowest BCUT2D eigenvalue weighted by molar-refractivity contribution is 0.112. The molecule has 0 amide bonds. The second kappa shape index (κ2) is 6.33. The Morgan fingerprint density at radius 2 is 2.19 bits per heavy atom. The Kier molecular flexibility index (Phi) is 5.38. The molecule has 2 nitrogen and oxygen atoms in total. The molecule has 0 radical (unpaired) electrons. The summed E-state index contributed by atoms with van der Waals surface area (Å²) < 4.78 is 18.8. The lowest BCUT2D eigenvalue weighted by Crippen LogP contribution is -2.32. The average molecular weight is 290 g/mol. The highest BCUT2D eigenvalue weighted by Gasteiger charge is 2.11. The van der Waals surface area contributed by atoms with Crippen molar-refractivity contribution in [2.24, 2.45) is 0 Å². The molecule has 16 heavy (non-hydrogen) atoms. The summed E-state index contributed by atoms with van der Waals surface area (Å²) in [7, 11) is 3.72. The van der Waals surface area contributed by atoms with Gasteiger partial charge in [0, 0.05) is 24.2 Å². The van der Waals surface area contributed by atoms with E-state index in [0.717, 1.165) is 16.6 Å². The number of halogens is 2. The van der Waals surface area contributed by atoms with E-state index in [-0.39, 0.29) is 5.82 Å². The Bertz CT molecular complexity index is 346. The van der Waals surface area contributed by atoms with E-state index in [0.29, 0.717) is 12.6 Å². The lowest BCUT2D eigenvalue weighted by Gasteiger charge is -2.24. The maximum Gasteiger partial charge on any atom is 0.124 e. The minimum absolute atomic E-state index is 0.219. The van der Waals surface area contributed by atoms with Crippen LogP contribution in [-0.2, 0) is 11.3 Å². The number of likely N-dealkylation sites (N-methyl/N-ethyl adjacent to an activating group) is 1. The van der Waals surface area contributed by atoms with Gasteiger partial charge in [0.15, 0.2) is 0 Å². The maximum atomic E-state index is 12.9. The smallest absolute Gasteiger partial charge is 0.124 e. The van der Waals surface area contributed by atoms with Crippen LogP contribution in [0.5, 0.6) is 0 Å². The van der Waals surface area contributed by atoms with Gasteiger partial charge >= 0.3 is 0 Å².